The molecule has 0 rings (SSSR count). The molecule has 0 aliphatic carbocycles. The van der Waals surface area contributed by atoms with Crippen molar-refractivity contribution in [3.8, 4) is 0 Å². The highest BCUT2D eigenvalue weighted by Gasteiger charge is 2.18. The molecule has 0 heterocycles. The van der Waals surface area contributed by atoms with Gasteiger partial charge in [-0.15, -0.1) is 0 Å². The van der Waals surface area contributed by atoms with Crippen LogP contribution in [-0.4, -0.2) is 34.9 Å². The average molecular weight is 1100 g/mol. The highest BCUT2D eigenvalue weighted by Crippen LogP contribution is 2.18. The maximum absolute atomic E-state index is 12.5. The van der Waals surface area contributed by atoms with Crippen molar-refractivity contribution in [2.75, 3.05) is 6.61 Å². The Morgan fingerprint density at radius 2 is 0.557 bits per heavy atom. The average Bonchev–Trinajstić information content (AvgIpc) is 3.45. The van der Waals surface area contributed by atoms with E-state index in [2.05, 4.69) is 104 Å². The normalized spacial score (nSPS) is 13.3. The lowest BCUT2D eigenvalue weighted by Gasteiger charge is -2.20. The van der Waals surface area contributed by atoms with E-state index in [-0.39, 0.29) is 12.5 Å². The topological polar surface area (TPSA) is 69.6 Å². The van der Waals surface area contributed by atoms with E-state index in [1.165, 1.54) is 263 Å². The van der Waals surface area contributed by atoms with Crippen LogP contribution in [0.1, 0.15) is 354 Å². The summed E-state index contributed by atoms with van der Waals surface area (Å²) in [5.41, 5.74) is 0. The lowest BCUT2D eigenvalue weighted by atomic mass is 10.0. The molecule has 0 saturated carbocycles. The number of amides is 1. The van der Waals surface area contributed by atoms with E-state index in [0.717, 1.165) is 70.6 Å². The molecule has 0 aromatic rings. The minimum Gasteiger partial charge on any atom is -0.394 e. The minimum atomic E-state index is -0.843. The van der Waals surface area contributed by atoms with Crippen LogP contribution in [0.5, 0.6) is 0 Å². The molecule has 0 aromatic heterocycles. The van der Waals surface area contributed by atoms with Gasteiger partial charge in [-0.2, -0.15) is 0 Å². The maximum Gasteiger partial charge on any atom is 0.220 e. The zero-order valence-electron chi connectivity index (χ0n) is 52.9. The standard InChI is InChI=1S/C75H135NO3/c1-3-5-7-9-11-13-15-17-19-21-23-25-27-29-31-32-33-34-35-36-37-38-39-40-41-42-43-44-45-47-49-51-53-55-57-59-61-63-65-67-69-71-75(79)76-73(72-77)74(78)70-68-66-64-62-60-58-56-54-52-50-48-46-30-28-26-24-22-20-18-16-14-12-10-8-6-4-2/h5,7,11,13,17,19,23,25,29,31,33-34,36-37,68,70,73-74,77-78H,3-4,6,8-10,12,14-16,18,20-22,24,26-28,30,32,35,38-67,69,71-72H2,1-2H3,(H,76,79)/b7-5-,13-11-,19-17-,25-23-,31-29-,34-33-,37-36-,70-68+. The molecule has 0 saturated heterocycles. The SMILES string of the molecule is CC/C=C\C/C=C\C/C=C\C/C=C\C/C=C\C/C=C\C/C=C\CCCCCCCCCCCCCCCCCCCCCC(=O)NC(CO)C(O)/C=C/CCCCCCCCCCCCCCCCCCCCCCCCCC. The van der Waals surface area contributed by atoms with E-state index in [4.69, 9.17) is 0 Å². The Morgan fingerprint density at radius 3 is 0.835 bits per heavy atom. The monoisotopic (exact) mass is 1100 g/mol. The predicted octanol–water partition coefficient (Wildman–Crippen LogP) is 24.0. The molecular weight excluding hydrogens is 963 g/mol. The second-order valence-corrected chi connectivity index (χ2v) is 23.6. The number of carbonyl (C=O) groups is 1. The fourth-order valence-corrected chi connectivity index (χ4v) is 10.6. The van der Waals surface area contributed by atoms with Crippen LogP contribution in [0.4, 0.5) is 0 Å². The zero-order valence-corrected chi connectivity index (χ0v) is 52.9. The summed E-state index contributed by atoms with van der Waals surface area (Å²) in [6.45, 7) is 4.23. The van der Waals surface area contributed by atoms with Crippen LogP contribution < -0.4 is 5.32 Å². The van der Waals surface area contributed by atoms with E-state index in [1.54, 1.807) is 6.08 Å². The Balaban J connectivity index is 3.47. The predicted molar refractivity (Wildman–Crippen MR) is 354 cm³/mol. The van der Waals surface area contributed by atoms with E-state index in [0.29, 0.717) is 6.42 Å². The number of aliphatic hydroxyl groups excluding tert-OH is 2. The molecule has 0 spiro atoms. The van der Waals surface area contributed by atoms with Crippen molar-refractivity contribution >= 4 is 5.91 Å². The number of allylic oxidation sites excluding steroid dienone is 15. The molecule has 0 aliphatic heterocycles. The van der Waals surface area contributed by atoms with Crippen molar-refractivity contribution in [2.24, 2.45) is 0 Å². The Bertz CT molecular complexity index is 1430. The van der Waals surface area contributed by atoms with Crippen molar-refractivity contribution in [3.05, 3.63) is 97.2 Å². The molecule has 2 unspecified atom stereocenters. The number of carbonyl (C=O) groups excluding carboxylic acids is 1. The van der Waals surface area contributed by atoms with Crippen LogP contribution in [0.3, 0.4) is 0 Å². The van der Waals surface area contributed by atoms with Crippen LogP contribution >= 0.6 is 0 Å². The van der Waals surface area contributed by atoms with Gasteiger partial charge in [0, 0.05) is 6.42 Å². The molecule has 0 aliphatic rings. The highest BCUT2D eigenvalue weighted by atomic mass is 16.3. The van der Waals surface area contributed by atoms with Gasteiger partial charge in [-0.05, 0) is 77.0 Å². The zero-order chi connectivity index (χ0) is 56.9. The number of rotatable bonds is 64. The summed E-state index contributed by atoms with van der Waals surface area (Å²) < 4.78 is 0. The fraction of sp³-hybridized carbons (Fsp3) is 0.773. The first-order chi connectivity index (χ1) is 39.2. The summed E-state index contributed by atoms with van der Waals surface area (Å²) in [5.74, 6) is -0.0599. The number of hydrogen-bond acceptors (Lipinski definition) is 3. The number of unbranched alkanes of at least 4 members (excludes halogenated alkanes) is 43. The van der Waals surface area contributed by atoms with Crippen molar-refractivity contribution in [1.82, 2.24) is 5.32 Å². The lowest BCUT2D eigenvalue weighted by Crippen LogP contribution is -2.45. The van der Waals surface area contributed by atoms with E-state index in [9.17, 15) is 15.0 Å². The van der Waals surface area contributed by atoms with E-state index < -0.39 is 12.1 Å². The Kier molecular flexibility index (Phi) is 67.2. The molecule has 1 amide bonds. The first kappa shape index (κ1) is 76.3. The molecule has 2 atom stereocenters. The largest absolute Gasteiger partial charge is 0.394 e. The summed E-state index contributed by atoms with van der Waals surface area (Å²) >= 11 is 0. The summed E-state index contributed by atoms with van der Waals surface area (Å²) in [4.78, 5) is 12.5. The van der Waals surface area contributed by atoms with Gasteiger partial charge < -0.3 is 15.5 Å². The maximum atomic E-state index is 12.5. The number of aliphatic hydroxyl groups is 2. The van der Waals surface area contributed by atoms with Gasteiger partial charge >= 0.3 is 0 Å². The van der Waals surface area contributed by atoms with Gasteiger partial charge in [-0.1, -0.05) is 368 Å². The second kappa shape index (κ2) is 69.6. The summed E-state index contributed by atoms with van der Waals surface area (Å²) in [6, 6.07) is -0.626. The van der Waals surface area contributed by atoms with Gasteiger partial charge in [0.25, 0.3) is 0 Å². The third-order valence-corrected chi connectivity index (χ3v) is 15.8. The van der Waals surface area contributed by atoms with Crippen LogP contribution in [-0.2, 0) is 4.79 Å². The van der Waals surface area contributed by atoms with Gasteiger partial charge in [0.1, 0.15) is 0 Å². The number of hydrogen-bond donors (Lipinski definition) is 3. The van der Waals surface area contributed by atoms with E-state index >= 15 is 0 Å². The first-order valence-electron chi connectivity index (χ1n) is 35.0. The molecule has 4 heteroatoms. The molecular formula is C75H135NO3. The van der Waals surface area contributed by atoms with Crippen molar-refractivity contribution < 1.29 is 15.0 Å². The Hall–Kier alpha value is -2.69. The van der Waals surface area contributed by atoms with Crippen LogP contribution in [0, 0.1) is 0 Å². The lowest BCUT2D eigenvalue weighted by molar-refractivity contribution is -0.123. The van der Waals surface area contributed by atoms with Gasteiger partial charge in [0.05, 0.1) is 18.8 Å². The van der Waals surface area contributed by atoms with Gasteiger partial charge in [-0.25, -0.2) is 0 Å². The minimum absolute atomic E-state index is 0.0599. The second-order valence-electron chi connectivity index (χ2n) is 23.6. The molecule has 79 heavy (non-hydrogen) atoms. The molecule has 0 radical (unpaired) electrons. The smallest absolute Gasteiger partial charge is 0.220 e. The van der Waals surface area contributed by atoms with Gasteiger partial charge in [0.2, 0.25) is 5.91 Å². The van der Waals surface area contributed by atoms with Crippen LogP contribution in [0.2, 0.25) is 0 Å². The molecule has 0 fully saturated rings. The summed E-state index contributed by atoms with van der Waals surface area (Å²) in [5, 5.41) is 23.3. The quantitative estimate of drug-likeness (QED) is 0.0420. The summed E-state index contributed by atoms with van der Waals surface area (Å²) in [7, 11) is 0. The third-order valence-electron chi connectivity index (χ3n) is 15.8. The molecule has 458 valence electrons. The first-order valence-corrected chi connectivity index (χ1v) is 35.0. The summed E-state index contributed by atoms with van der Waals surface area (Å²) in [6.07, 6.45) is 103. The van der Waals surface area contributed by atoms with Crippen molar-refractivity contribution in [2.45, 2.75) is 366 Å². The van der Waals surface area contributed by atoms with Crippen LogP contribution in [0.15, 0.2) is 97.2 Å². The third kappa shape index (κ3) is 66.0. The van der Waals surface area contributed by atoms with E-state index in [1.807, 2.05) is 6.08 Å². The van der Waals surface area contributed by atoms with Crippen molar-refractivity contribution in [3.63, 3.8) is 0 Å². The molecule has 0 bridgehead atoms. The van der Waals surface area contributed by atoms with Crippen molar-refractivity contribution in [1.29, 1.82) is 0 Å². The highest BCUT2D eigenvalue weighted by molar-refractivity contribution is 5.76. The Morgan fingerprint density at radius 1 is 0.316 bits per heavy atom. The van der Waals surface area contributed by atoms with Gasteiger partial charge in [0.15, 0.2) is 0 Å². The van der Waals surface area contributed by atoms with Crippen LogP contribution in [0.25, 0.3) is 0 Å². The molecule has 0 aromatic carbocycles. The molecule has 3 N–H and O–H groups in total. The molecule has 4 nitrogen and oxygen atoms in total. The fourth-order valence-electron chi connectivity index (χ4n) is 10.6. The number of nitrogens with one attached hydrogen (secondary N) is 1. The van der Waals surface area contributed by atoms with Gasteiger partial charge in [-0.3, -0.25) is 4.79 Å². The Labute approximate surface area is 494 Å².